The van der Waals surface area contributed by atoms with Gasteiger partial charge in [0.2, 0.25) is 0 Å². The molecule has 0 amide bonds. The topological polar surface area (TPSA) is 39.2 Å². The molecular weight excluding hydrogens is 226 g/mol. The Morgan fingerprint density at radius 3 is 2.88 bits per heavy atom. The minimum atomic E-state index is -0.816. The highest BCUT2D eigenvalue weighted by molar-refractivity contribution is 6.30. The first-order valence-corrected chi connectivity index (χ1v) is 5.23. The van der Waals surface area contributed by atoms with E-state index in [0.29, 0.717) is 5.56 Å². The summed E-state index contributed by atoms with van der Waals surface area (Å²) < 4.78 is 4.62. The van der Waals surface area contributed by atoms with Crippen LogP contribution in [0.4, 0.5) is 0 Å². The van der Waals surface area contributed by atoms with Gasteiger partial charge in [0, 0.05) is 17.1 Å². The van der Waals surface area contributed by atoms with Gasteiger partial charge in [-0.3, -0.25) is 9.78 Å². The molecule has 0 saturated carbocycles. The van der Waals surface area contributed by atoms with Crippen LogP contribution in [0.5, 0.6) is 0 Å². The number of methoxy groups -OCH3 is 1. The molecule has 82 valence electrons. The largest absolute Gasteiger partial charge is 0.468 e. The van der Waals surface area contributed by atoms with Crippen molar-refractivity contribution < 1.29 is 9.53 Å². The van der Waals surface area contributed by atoms with Crippen LogP contribution >= 0.6 is 11.6 Å². The average molecular weight is 236 g/mol. The van der Waals surface area contributed by atoms with E-state index in [0.717, 1.165) is 10.9 Å². The Bertz CT molecular complexity index is 522. The van der Waals surface area contributed by atoms with Crippen LogP contribution in [0, 0.1) is 0 Å². The van der Waals surface area contributed by atoms with Crippen LogP contribution in [-0.2, 0) is 9.53 Å². The number of esters is 1. The van der Waals surface area contributed by atoms with E-state index < -0.39 is 11.3 Å². The standard InChI is InChI=1S/C12H10ClNO2/c1-16-12(15)10(13)9-6-2-4-8-5-3-7-14-11(8)9/h2-7,10H,1H3. The highest BCUT2D eigenvalue weighted by atomic mass is 35.5. The number of fused-ring (bicyclic) bond motifs is 1. The maximum atomic E-state index is 11.4. The predicted octanol–water partition coefficient (Wildman–Crippen LogP) is 2.69. The minimum Gasteiger partial charge on any atom is -0.468 e. The smallest absolute Gasteiger partial charge is 0.328 e. The van der Waals surface area contributed by atoms with Crippen LogP contribution in [-0.4, -0.2) is 18.1 Å². The maximum absolute atomic E-state index is 11.4. The normalized spacial score (nSPS) is 12.4. The molecule has 1 unspecified atom stereocenters. The van der Waals surface area contributed by atoms with E-state index in [1.807, 2.05) is 24.3 Å². The molecule has 2 aromatic rings. The molecule has 4 heteroatoms. The van der Waals surface area contributed by atoms with E-state index in [1.165, 1.54) is 7.11 Å². The molecule has 1 aromatic heterocycles. The van der Waals surface area contributed by atoms with Crippen LogP contribution in [0.1, 0.15) is 10.9 Å². The van der Waals surface area contributed by atoms with Gasteiger partial charge in [-0.25, -0.2) is 0 Å². The molecule has 0 fully saturated rings. The molecule has 0 N–H and O–H groups in total. The molecule has 1 heterocycles. The number of carbonyl (C=O) groups excluding carboxylic acids is 1. The molecule has 0 spiro atoms. The molecule has 3 nitrogen and oxygen atoms in total. The third kappa shape index (κ3) is 1.86. The lowest BCUT2D eigenvalue weighted by Gasteiger charge is -2.09. The number of hydrogen-bond donors (Lipinski definition) is 0. The van der Waals surface area contributed by atoms with E-state index in [1.54, 1.807) is 12.3 Å². The van der Waals surface area contributed by atoms with Gasteiger partial charge in [0.05, 0.1) is 12.6 Å². The predicted molar refractivity (Wildman–Crippen MR) is 62.4 cm³/mol. The zero-order valence-electron chi connectivity index (χ0n) is 8.68. The van der Waals surface area contributed by atoms with Gasteiger partial charge in [0.15, 0.2) is 5.38 Å². The van der Waals surface area contributed by atoms with Crippen LogP contribution in [0.15, 0.2) is 36.5 Å². The summed E-state index contributed by atoms with van der Waals surface area (Å²) in [6, 6.07) is 9.31. The number of pyridine rings is 1. The summed E-state index contributed by atoms with van der Waals surface area (Å²) in [7, 11) is 1.32. The molecule has 0 aliphatic rings. The molecule has 0 radical (unpaired) electrons. The number of nitrogens with zero attached hydrogens (tertiary/aromatic N) is 1. The fourth-order valence-electron chi connectivity index (χ4n) is 1.56. The molecule has 1 aromatic carbocycles. The molecule has 0 bridgehead atoms. The second-order valence-corrected chi connectivity index (χ2v) is 3.74. The number of hydrogen-bond acceptors (Lipinski definition) is 3. The highest BCUT2D eigenvalue weighted by Crippen LogP contribution is 2.27. The number of benzene rings is 1. The first-order chi connectivity index (χ1) is 7.74. The maximum Gasteiger partial charge on any atom is 0.328 e. The van der Waals surface area contributed by atoms with Gasteiger partial charge < -0.3 is 4.74 Å². The Labute approximate surface area is 98.0 Å². The van der Waals surface area contributed by atoms with E-state index >= 15 is 0 Å². The number of carbonyl (C=O) groups is 1. The summed E-state index contributed by atoms with van der Waals surface area (Å²) in [6.45, 7) is 0. The minimum absolute atomic E-state index is 0.472. The fraction of sp³-hybridized carbons (Fsp3) is 0.167. The number of rotatable bonds is 2. The number of ether oxygens (including phenoxy) is 1. The van der Waals surface area contributed by atoms with Crippen LogP contribution in [0.3, 0.4) is 0 Å². The Morgan fingerprint density at radius 1 is 1.38 bits per heavy atom. The lowest BCUT2D eigenvalue weighted by molar-refractivity contribution is -0.140. The van der Waals surface area contributed by atoms with Gasteiger partial charge in [0.1, 0.15) is 0 Å². The number of halogens is 1. The van der Waals surface area contributed by atoms with Crippen molar-refractivity contribution in [3.63, 3.8) is 0 Å². The SMILES string of the molecule is COC(=O)C(Cl)c1cccc2cccnc12. The van der Waals surface area contributed by atoms with E-state index in [-0.39, 0.29) is 0 Å². The van der Waals surface area contributed by atoms with Crippen molar-refractivity contribution in [2.75, 3.05) is 7.11 Å². The van der Waals surface area contributed by atoms with E-state index in [4.69, 9.17) is 11.6 Å². The summed E-state index contributed by atoms with van der Waals surface area (Å²) in [5.74, 6) is -0.472. The number of para-hydroxylation sites is 1. The van der Waals surface area contributed by atoms with Crippen molar-refractivity contribution >= 4 is 28.5 Å². The van der Waals surface area contributed by atoms with Gasteiger partial charge in [-0.1, -0.05) is 24.3 Å². The van der Waals surface area contributed by atoms with Crippen molar-refractivity contribution in [2.24, 2.45) is 0 Å². The summed E-state index contributed by atoms with van der Waals surface area (Å²) >= 11 is 6.02. The first-order valence-electron chi connectivity index (χ1n) is 4.79. The van der Waals surface area contributed by atoms with Crippen molar-refractivity contribution in [1.29, 1.82) is 0 Å². The number of alkyl halides is 1. The molecule has 16 heavy (non-hydrogen) atoms. The molecule has 2 rings (SSSR count). The third-order valence-electron chi connectivity index (χ3n) is 2.35. The number of aromatic nitrogens is 1. The average Bonchev–Trinajstić information content (AvgIpc) is 2.36. The second-order valence-electron chi connectivity index (χ2n) is 3.31. The second kappa shape index (κ2) is 4.49. The lowest BCUT2D eigenvalue weighted by Crippen LogP contribution is -2.09. The Hall–Kier alpha value is -1.61. The molecule has 0 aliphatic heterocycles. The van der Waals surface area contributed by atoms with Crippen molar-refractivity contribution in [3.05, 3.63) is 42.1 Å². The zero-order valence-corrected chi connectivity index (χ0v) is 9.44. The Kier molecular flexibility index (Phi) is 3.06. The van der Waals surface area contributed by atoms with Gasteiger partial charge in [-0.15, -0.1) is 11.6 Å². The zero-order chi connectivity index (χ0) is 11.5. The molecule has 0 aliphatic carbocycles. The van der Waals surface area contributed by atoms with Gasteiger partial charge in [0.25, 0.3) is 0 Å². The van der Waals surface area contributed by atoms with Crippen LogP contribution < -0.4 is 0 Å². The van der Waals surface area contributed by atoms with Crippen LogP contribution in [0.25, 0.3) is 10.9 Å². The van der Waals surface area contributed by atoms with Gasteiger partial charge >= 0.3 is 5.97 Å². The van der Waals surface area contributed by atoms with Crippen molar-refractivity contribution in [3.8, 4) is 0 Å². The van der Waals surface area contributed by atoms with Crippen molar-refractivity contribution in [2.45, 2.75) is 5.38 Å². The van der Waals surface area contributed by atoms with E-state index in [2.05, 4.69) is 9.72 Å². The quantitative estimate of drug-likeness (QED) is 0.594. The first kappa shape index (κ1) is 10.9. The summed E-state index contributed by atoms with van der Waals surface area (Å²) in [6.07, 6.45) is 1.67. The Balaban J connectivity index is 2.56. The summed E-state index contributed by atoms with van der Waals surface area (Å²) in [5.41, 5.74) is 1.40. The third-order valence-corrected chi connectivity index (χ3v) is 2.76. The summed E-state index contributed by atoms with van der Waals surface area (Å²) in [4.78, 5) is 15.6. The lowest BCUT2D eigenvalue weighted by atomic mass is 10.1. The molecule has 0 saturated heterocycles. The fourth-order valence-corrected chi connectivity index (χ4v) is 1.83. The molecular formula is C12H10ClNO2. The van der Waals surface area contributed by atoms with Gasteiger partial charge in [-0.2, -0.15) is 0 Å². The van der Waals surface area contributed by atoms with Crippen molar-refractivity contribution in [1.82, 2.24) is 4.98 Å². The molecule has 1 atom stereocenters. The Morgan fingerprint density at radius 2 is 2.12 bits per heavy atom. The highest BCUT2D eigenvalue weighted by Gasteiger charge is 2.20. The summed E-state index contributed by atoms with van der Waals surface area (Å²) in [5, 5.41) is 0.137. The van der Waals surface area contributed by atoms with Gasteiger partial charge in [-0.05, 0) is 6.07 Å². The monoisotopic (exact) mass is 235 g/mol. The van der Waals surface area contributed by atoms with E-state index in [9.17, 15) is 4.79 Å². The van der Waals surface area contributed by atoms with Crippen LogP contribution in [0.2, 0.25) is 0 Å².